The molecule has 5 heteroatoms. The largest absolute Gasteiger partial charge is 0.340 e. The third kappa shape index (κ3) is 3.13. The van der Waals surface area contributed by atoms with Gasteiger partial charge in [0.25, 0.3) is 0 Å². The molecule has 100 valence electrons. The van der Waals surface area contributed by atoms with Crippen molar-refractivity contribution < 1.29 is 4.79 Å². The molecule has 1 saturated heterocycles. The predicted molar refractivity (Wildman–Crippen MR) is 78.8 cm³/mol. The second kappa shape index (κ2) is 5.72. The molecule has 1 fully saturated rings. The van der Waals surface area contributed by atoms with Gasteiger partial charge in [-0.25, -0.2) is 0 Å². The first-order valence-corrected chi connectivity index (χ1v) is 7.92. The summed E-state index contributed by atoms with van der Waals surface area (Å²) in [4.78, 5) is 14.3. The zero-order valence-electron chi connectivity index (χ0n) is 10.8. The quantitative estimate of drug-likeness (QED) is 0.923. The lowest BCUT2D eigenvalue weighted by atomic mass is 9.89. The van der Waals surface area contributed by atoms with Crippen molar-refractivity contribution in [3.8, 4) is 0 Å². The molecule has 1 amide bonds. The van der Waals surface area contributed by atoms with E-state index in [2.05, 4.69) is 32.7 Å². The summed E-state index contributed by atoms with van der Waals surface area (Å²) in [7, 11) is 1.88. The van der Waals surface area contributed by atoms with Gasteiger partial charge in [-0.2, -0.15) is 0 Å². The molecule has 1 aliphatic rings. The molecule has 2 rings (SSSR count). The Hall–Kier alpha value is -0.390. The molecule has 1 aliphatic heterocycles. The highest BCUT2D eigenvalue weighted by Gasteiger charge is 2.36. The average Bonchev–Trinajstić information content (AvgIpc) is 2.74. The molecule has 0 bridgehead atoms. The number of thiophene rings is 1. The first-order chi connectivity index (χ1) is 8.51. The van der Waals surface area contributed by atoms with Crippen molar-refractivity contribution in [2.24, 2.45) is 0 Å². The summed E-state index contributed by atoms with van der Waals surface area (Å²) in [5.74, 6) is 0.199. The number of piperidine rings is 1. The van der Waals surface area contributed by atoms with Crippen LogP contribution in [0.3, 0.4) is 0 Å². The molecule has 3 nitrogen and oxygen atoms in total. The molecule has 0 spiro atoms. The molecule has 1 aromatic heterocycles. The first kappa shape index (κ1) is 14.0. The van der Waals surface area contributed by atoms with Crippen molar-refractivity contribution in [2.45, 2.75) is 38.3 Å². The maximum atomic E-state index is 12.5. The normalized spacial score (nSPS) is 23.9. The van der Waals surface area contributed by atoms with Crippen LogP contribution in [0.15, 0.2) is 15.2 Å². The van der Waals surface area contributed by atoms with Crippen LogP contribution < -0.4 is 5.32 Å². The summed E-state index contributed by atoms with van der Waals surface area (Å²) >= 11 is 5.10. The molecule has 18 heavy (non-hydrogen) atoms. The molecule has 0 aliphatic carbocycles. The van der Waals surface area contributed by atoms with E-state index < -0.39 is 0 Å². The maximum Gasteiger partial charge on any atom is 0.242 e. The summed E-state index contributed by atoms with van der Waals surface area (Å²) in [6.45, 7) is 3.65. The fourth-order valence-electron chi connectivity index (χ4n) is 2.43. The average molecular weight is 331 g/mol. The topological polar surface area (TPSA) is 32.3 Å². The molecular formula is C13H19BrN2OS. The Balaban J connectivity index is 1.99. The van der Waals surface area contributed by atoms with E-state index in [1.165, 1.54) is 12.0 Å². The van der Waals surface area contributed by atoms with Crippen molar-refractivity contribution in [1.82, 2.24) is 10.2 Å². The van der Waals surface area contributed by atoms with Gasteiger partial charge in [0.05, 0.1) is 9.33 Å². The predicted octanol–water partition coefficient (Wildman–Crippen LogP) is 3.00. The fraction of sp³-hybridized carbons (Fsp3) is 0.615. The maximum absolute atomic E-state index is 12.5. The van der Waals surface area contributed by atoms with Gasteiger partial charge >= 0.3 is 0 Å². The Kier molecular flexibility index (Phi) is 4.45. The Morgan fingerprint density at radius 1 is 1.61 bits per heavy atom. The van der Waals surface area contributed by atoms with Gasteiger partial charge < -0.3 is 10.2 Å². The van der Waals surface area contributed by atoms with E-state index in [-0.39, 0.29) is 11.4 Å². The summed E-state index contributed by atoms with van der Waals surface area (Å²) in [6, 6.07) is 2.07. The minimum atomic E-state index is -0.375. The molecule has 1 atom stereocenters. The van der Waals surface area contributed by atoms with Crippen LogP contribution in [0.1, 0.15) is 31.7 Å². The number of hydrogen-bond donors (Lipinski definition) is 1. The molecule has 0 saturated carbocycles. The second-order valence-corrected chi connectivity index (χ2v) is 7.43. The fourth-order valence-corrected chi connectivity index (χ4v) is 3.63. The number of amides is 1. The van der Waals surface area contributed by atoms with Gasteiger partial charge in [0, 0.05) is 13.6 Å². The highest BCUT2D eigenvalue weighted by Crippen LogP contribution is 2.24. The highest BCUT2D eigenvalue weighted by molar-refractivity contribution is 9.11. The summed E-state index contributed by atoms with van der Waals surface area (Å²) in [5.41, 5.74) is 0.808. The van der Waals surface area contributed by atoms with Crippen molar-refractivity contribution in [3.05, 3.63) is 20.8 Å². The van der Waals surface area contributed by atoms with E-state index in [1.807, 2.05) is 18.9 Å². The van der Waals surface area contributed by atoms with Gasteiger partial charge in [-0.1, -0.05) is 0 Å². The molecule has 0 aromatic carbocycles. The Bertz CT molecular complexity index is 426. The van der Waals surface area contributed by atoms with Gasteiger partial charge in [-0.05, 0) is 65.7 Å². The third-order valence-electron chi connectivity index (χ3n) is 3.48. The Labute approximate surface area is 121 Å². The number of hydrogen-bond acceptors (Lipinski definition) is 3. The van der Waals surface area contributed by atoms with Crippen LogP contribution in [0.5, 0.6) is 0 Å². The minimum absolute atomic E-state index is 0.199. The molecule has 2 heterocycles. The van der Waals surface area contributed by atoms with E-state index in [0.717, 1.165) is 23.2 Å². The number of halogens is 1. The molecule has 1 aromatic rings. The van der Waals surface area contributed by atoms with Crippen molar-refractivity contribution in [1.29, 1.82) is 0 Å². The zero-order chi connectivity index (χ0) is 13.2. The lowest BCUT2D eigenvalue weighted by Gasteiger charge is -2.36. The van der Waals surface area contributed by atoms with Crippen LogP contribution in [0.2, 0.25) is 0 Å². The molecule has 1 N–H and O–H groups in total. The van der Waals surface area contributed by atoms with Crippen LogP contribution in [-0.2, 0) is 11.3 Å². The molecular weight excluding hydrogens is 312 g/mol. The Morgan fingerprint density at radius 3 is 2.94 bits per heavy atom. The van der Waals surface area contributed by atoms with Crippen LogP contribution in [-0.4, -0.2) is 29.9 Å². The summed E-state index contributed by atoms with van der Waals surface area (Å²) in [6.07, 6.45) is 3.24. The standard InChI is InChI=1S/C13H19BrN2OS/c1-13(5-3-4-6-15-13)12(17)16(2)8-10-7-11(14)18-9-10/h7,9,15H,3-6,8H2,1-2H3. The van der Waals surface area contributed by atoms with Crippen LogP contribution in [0, 0.1) is 0 Å². The van der Waals surface area contributed by atoms with E-state index in [0.29, 0.717) is 6.54 Å². The second-order valence-electron chi connectivity index (χ2n) is 5.14. The molecule has 1 unspecified atom stereocenters. The smallest absolute Gasteiger partial charge is 0.242 e. The van der Waals surface area contributed by atoms with Gasteiger partial charge in [0.15, 0.2) is 0 Å². The lowest BCUT2D eigenvalue weighted by Crippen LogP contribution is -2.57. The minimum Gasteiger partial charge on any atom is -0.340 e. The number of carbonyl (C=O) groups excluding carboxylic acids is 1. The van der Waals surface area contributed by atoms with Crippen molar-refractivity contribution >= 4 is 33.2 Å². The first-order valence-electron chi connectivity index (χ1n) is 6.25. The van der Waals surface area contributed by atoms with Crippen LogP contribution in [0.25, 0.3) is 0 Å². The van der Waals surface area contributed by atoms with E-state index in [4.69, 9.17) is 0 Å². The Morgan fingerprint density at radius 2 is 2.39 bits per heavy atom. The van der Waals surface area contributed by atoms with Gasteiger partial charge in [-0.3, -0.25) is 4.79 Å². The van der Waals surface area contributed by atoms with Gasteiger partial charge in [0.2, 0.25) is 5.91 Å². The highest BCUT2D eigenvalue weighted by atomic mass is 79.9. The number of carbonyl (C=O) groups is 1. The van der Waals surface area contributed by atoms with Gasteiger partial charge in [0.1, 0.15) is 0 Å². The summed E-state index contributed by atoms with van der Waals surface area (Å²) < 4.78 is 1.11. The SMILES string of the molecule is CN(Cc1csc(Br)c1)C(=O)C1(C)CCCCN1. The number of nitrogens with zero attached hydrogens (tertiary/aromatic N) is 1. The lowest BCUT2D eigenvalue weighted by molar-refractivity contribution is -0.137. The van der Waals surface area contributed by atoms with E-state index in [9.17, 15) is 4.79 Å². The zero-order valence-corrected chi connectivity index (χ0v) is 13.2. The monoisotopic (exact) mass is 330 g/mol. The number of nitrogens with one attached hydrogen (secondary N) is 1. The van der Waals surface area contributed by atoms with Crippen LogP contribution in [0.4, 0.5) is 0 Å². The number of rotatable bonds is 3. The number of likely N-dealkylation sites (N-methyl/N-ethyl adjacent to an activating group) is 1. The van der Waals surface area contributed by atoms with Crippen LogP contribution >= 0.6 is 27.3 Å². The van der Waals surface area contributed by atoms with Crippen molar-refractivity contribution in [3.63, 3.8) is 0 Å². The van der Waals surface area contributed by atoms with E-state index in [1.54, 1.807) is 11.3 Å². The van der Waals surface area contributed by atoms with Gasteiger partial charge in [-0.15, -0.1) is 11.3 Å². The third-order valence-corrected chi connectivity index (χ3v) is 5.03. The summed E-state index contributed by atoms with van der Waals surface area (Å²) in [5, 5.41) is 5.46. The molecule has 0 radical (unpaired) electrons. The van der Waals surface area contributed by atoms with E-state index >= 15 is 0 Å². The van der Waals surface area contributed by atoms with Crippen molar-refractivity contribution in [2.75, 3.05) is 13.6 Å².